The van der Waals surface area contributed by atoms with Crippen LogP contribution in [0.1, 0.15) is 5.56 Å². The Labute approximate surface area is 146 Å². The van der Waals surface area contributed by atoms with Gasteiger partial charge in [-0.1, -0.05) is 42.5 Å². The summed E-state index contributed by atoms with van der Waals surface area (Å²) in [5, 5.41) is 2.25. The van der Waals surface area contributed by atoms with Gasteiger partial charge in [0.1, 0.15) is 5.71 Å². The second-order valence-electron chi connectivity index (χ2n) is 6.31. The summed E-state index contributed by atoms with van der Waals surface area (Å²) in [5.74, 6) is 0.233. The van der Waals surface area contributed by atoms with Crippen molar-refractivity contribution in [3.8, 4) is 0 Å². The predicted octanol–water partition coefficient (Wildman–Crippen LogP) is 1.93. The Balaban J connectivity index is 1.84. The maximum atomic E-state index is 11.7. The van der Waals surface area contributed by atoms with E-state index in [1.54, 1.807) is 0 Å². The number of carbonyl (C=O) groups is 1. The average molecular weight is 354 g/mol. The highest BCUT2D eigenvalue weighted by molar-refractivity contribution is 7.91. The summed E-state index contributed by atoms with van der Waals surface area (Å²) in [7, 11) is -2.98. The summed E-state index contributed by atoms with van der Waals surface area (Å²) in [6.45, 7) is 1.25. The molecule has 0 radical (unpaired) electrons. The molecule has 1 fully saturated rings. The number of benzene rings is 2. The SMILES string of the molecule is O=CC1=NCC(c2cccc3ccccc23)=C1N1CCS(=O)(=O)CC1. The fraction of sp³-hybridized carbons (Fsp3) is 0.263. The molecule has 0 saturated carbocycles. The van der Waals surface area contributed by atoms with Gasteiger partial charge in [-0.25, -0.2) is 8.42 Å². The Morgan fingerprint density at radius 2 is 1.72 bits per heavy atom. The zero-order valence-electron chi connectivity index (χ0n) is 13.7. The molecule has 2 aliphatic rings. The molecule has 2 heterocycles. The zero-order valence-corrected chi connectivity index (χ0v) is 14.5. The molecule has 0 spiro atoms. The molecule has 0 aliphatic carbocycles. The van der Waals surface area contributed by atoms with E-state index in [-0.39, 0.29) is 11.5 Å². The van der Waals surface area contributed by atoms with Crippen LogP contribution >= 0.6 is 0 Å². The van der Waals surface area contributed by atoms with Crippen LogP contribution in [0.25, 0.3) is 16.3 Å². The van der Waals surface area contributed by atoms with Crippen molar-refractivity contribution in [2.45, 2.75) is 0 Å². The number of hydrogen-bond donors (Lipinski definition) is 0. The molecule has 0 amide bonds. The van der Waals surface area contributed by atoms with Crippen LogP contribution in [0.5, 0.6) is 0 Å². The molecule has 2 aliphatic heterocycles. The van der Waals surface area contributed by atoms with Crippen molar-refractivity contribution in [3.63, 3.8) is 0 Å². The Morgan fingerprint density at radius 1 is 1.00 bits per heavy atom. The average Bonchev–Trinajstić information content (AvgIpc) is 3.05. The third-order valence-electron chi connectivity index (χ3n) is 4.82. The Morgan fingerprint density at radius 3 is 2.48 bits per heavy atom. The fourth-order valence-electron chi connectivity index (χ4n) is 3.55. The topological polar surface area (TPSA) is 66.8 Å². The molecule has 0 atom stereocenters. The lowest BCUT2D eigenvalue weighted by molar-refractivity contribution is -0.102. The van der Waals surface area contributed by atoms with E-state index >= 15 is 0 Å². The number of sulfone groups is 1. The van der Waals surface area contributed by atoms with Crippen LogP contribution in [0.4, 0.5) is 0 Å². The lowest BCUT2D eigenvalue weighted by Gasteiger charge is -2.30. The third-order valence-corrected chi connectivity index (χ3v) is 6.43. The van der Waals surface area contributed by atoms with E-state index in [0.717, 1.165) is 33.9 Å². The minimum Gasteiger partial charge on any atom is -0.367 e. The second kappa shape index (κ2) is 6.11. The molecule has 2 aromatic rings. The van der Waals surface area contributed by atoms with E-state index in [9.17, 15) is 13.2 Å². The van der Waals surface area contributed by atoms with Crippen molar-refractivity contribution < 1.29 is 13.2 Å². The highest BCUT2D eigenvalue weighted by Gasteiger charge is 2.30. The quantitative estimate of drug-likeness (QED) is 0.790. The minimum atomic E-state index is -2.98. The standard InChI is InChI=1S/C19H18N2O3S/c22-13-18-19(21-8-10-25(23,24)11-9-21)17(12-20-18)16-7-3-5-14-4-1-2-6-15(14)16/h1-7,13H,8-12H2. The molecular formula is C19H18N2O3S. The van der Waals surface area contributed by atoms with Gasteiger partial charge in [0.05, 0.1) is 23.7 Å². The molecule has 6 heteroatoms. The van der Waals surface area contributed by atoms with Crippen LogP contribution in [-0.2, 0) is 14.6 Å². The number of allylic oxidation sites excluding steroid dienone is 1. The summed E-state index contributed by atoms with van der Waals surface area (Å²) >= 11 is 0. The van der Waals surface area contributed by atoms with Gasteiger partial charge in [0.15, 0.2) is 16.1 Å². The van der Waals surface area contributed by atoms with Crippen molar-refractivity contribution in [2.75, 3.05) is 31.1 Å². The molecule has 5 nitrogen and oxygen atoms in total. The largest absolute Gasteiger partial charge is 0.367 e. The third kappa shape index (κ3) is 2.87. The van der Waals surface area contributed by atoms with Crippen molar-refractivity contribution in [3.05, 3.63) is 53.7 Å². The monoisotopic (exact) mass is 354 g/mol. The molecule has 0 N–H and O–H groups in total. The first kappa shape index (κ1) is 16.0. The Bertz CT molecular complexity index is 1000. The normalized spacial score (nSPS) is 20.0. The second-order valence-corrected chi connectivity index (χ2v) is 8.62. The first-order valence-corrected chi connectivity index (χ1v) is 10.1. The Kier molecular flexibility index (Phi) is 3.92. The van der Waals surface area contributed by atoms with Gasteiger partial charge < -0.3 is 4.90 Å². The van der Waals surface area contributed by atoms with E-state index < -0.39 is 9.84 Å². The van der Waals surface area contributed by atoms with E-state index in [1.807, 2.05) is 29.2 Å². The lowest BCUT2D eigenvalue weighted by Crippen LogP contribution is -2.41. The van der Waals surface area contributed by atoms with Crippen LogP contribution in [0, 0.1) is 0 Å². The van der Waals surface area contributed by atoms with Gasteiger partial charge in [0.25, 0.3) is 0 Å². The first-order chi connectivity index (χ1) is 12.1. The summed E-state index contributed by atoms with van der Waals surface area (Å²) in [5.41, 5.74) is 3.27. The van der Waals surface area contributed by atoms with Gasteiger partial charge in [0, 0.05) is 18.7 Å². The molecule has 128 valence electrons. The van der Waals surface area contributed by atoms with Crippen molar-refractivity contribution >= 4 is 38.2 Å². The van der Waals surface area contributed by atoms with Gasteiger partial charge >= 0.3 is 0 Å². The van der Waals surface area contributed by atoms with Gasteiger partial charge in [-0.05, 0) is 16.3 Å². The maximum Gasteiger partial charge on any atom is 0.170 e. The van der Waals surface area contributed by atoms with Crippen LogP contribution in [0.15, 0.2) is 53.2 Å². The maximum absolute atomic E-state index is 11.7. The number of aliphatic imine (C=N–C) groups is 1. The summed E-state index contributed by atoms with van der Waals surface area (Å²) in [6.07, 6.45) is 0.774. The van der Waals surface area contributed by atoms with Crippen molar-refractivity contribution in [1.29, 1.82) is 0 Å². The van der Waals surface area contributed by atoms with E-state index in [4.69, 9.17) is 0 Å². The number of fused-ring (bicyclic) bond motifs is 1. The highest BCUT2D eigenvalue weighted by atomic mass is 32.2. The molecule has 0 aromatic heterocycles. The van der Waals surface area contributed by atoms with Crippen LogP contribution in [0.3, 0.4) is 0 Å². The predicted molar refractivity (Wildman–Crippen MR) is 99.5 cm³/mol. The molecule has 4 rings (SSSR count). The lowest BCUT2D eigenvalue weighted by atomic mass is 9.96. The van der Waals surface area contributed by atoms with Gasteiger partial charge in [0.2, 0.25) is 0 Å². The van der Waals surface area contributed by atoms with E-state index in [1.165, 1.54) is 0 Å². The number of aldehydes is 1. The minimum absolute atomic E-state index is 0.117. The molecule has 2 aromatic carbocycles. The summed E-state index contributed by atoms with van der Waals surface area (Å²) in [6, 6.07) is 14.2. The van der Waals surface area contributed by atoms with Gasteiger partial charge in [-0.15, -0.1) is 0 Å². The Hall–Kier alpha value is -2.47. The van der Waals surface area contributed by atoms with Gasteiger partial charge in [-0.3, -0.25) is 9.79 Å². The molecule has 0 bridgehead atoms. The van der Waals surface area contributed by atoms with Crippen molar-refractivity contribution in [1.82, 2.24) is 4.90 Å². The van der Waals surface area contributed by atoms with E-state index in [2.05, 4.69) is 23.2 Å². The number of hydrogen-bond acceptors (Lipinski definition) is 5. The molecular weight excluding hydrogens is 336 g/mol. The number of nitrogens with zero attached hydrogens (tertiary/aromatic N) is 2. The molecule has 0 unspecified atom stereocenters. The highest BCUT2D eigenvalue weighted by Crippen LogP contribution is 2.32. The van der Waals surface area contributed by atoms with Crippen molar-refractivity contribution in [2.24, 2.45) is 4.99 Å². The number of carbonyl (C=O) groups excluding carboxylic acids is 1. The summed E-state index contributed by atoms with van der Waals surface area (Å²) < 4.78 is 23.5. The first-order valence-electron chi connectivity index (χ1n) is 8.26. The van der Waals surface area contributed by atoms with Crippen LogP contribution < -0.4 is 0 Å². The summed E-state index contributed by atoms with van der Waals surface area (Å²) in [4.78, 5) is 17.9. The molecule has 1 saturated heterocycles. The fourth-order valence-corrected chi connectivity index (χ4v) is 4.75. The zero-order chi connectivity index (χ0) is 17.4. The number of rotatable bonds is 3. The molecule has 25 heavy (non-hydrogen) atoms. The van der Waals surface area contributed by atoms with E-state index in [0.29, 0.717) is 25.3 Å². The van der Waals surface area contributed by atoms with Crippen LogP contribution in [0.2, 0.25) is 0 Å². The van der Waals surface area contributed by atoms with Crippen LogP contribution in [-0.4, -0.2) is 56.5 Å². The smallest absolute Gasteiger partial charge is 0.170 e. The van der Waals surface area contributed by atoms with Gasteiger partial charge in [-0.2, -0.15) is 0 Å².